The van der Waals surface area contributed by atoms with Crippen LogP contribution in [-0.4, -0.2) is 14.5 Å². The SMILES string of the molecule is C=CCC(C)NS(=O)(=O)c1cc(Br)sc1C. The third-order valence-corrected chi connectivity index (χ3v) is 5.41. The fraction of sp³-hybridized carbons (Fsp3) is 0.400. The van der Waals surface area contributed by atoms with Gasteiger partial charge in [0, 0.05) is 10.9 Å². The number of aryl methyl sites for hydroxylation is 1. The van der Waals surface area contributed by atoms with Gasteiger partial charge in [-0.1, -0.05) is 6.08 Å². The van der Waals surface area contributed by atoms with Crippen LogP contribution in [0.3, 0.4) is 0 Å². The van der Waals surface area contributed by atoms with Crippen molar-refractivity contribution >= 4 is 37.3 Å². The molecule has 1 atom stereocenters. The zero-order valence-corrected chi connectivity index (χ0v) is 12.4. The van der Waals surface area contributed by atoms with Gasteiger partial charge in [-0.25, -0.2) is 13.1 Å². The van der Waals surface area contributed by atoms with E-state index in [4.69, 9.17) is 0 Å². The lowest BCUT2D eigenvalue weighted by atomic mass is 10.3. The van der Waals surface area contributed by atoms with Gasteiger partial charge in [-0.15, -0.1) is 17.9 Å². The summed E-state index contributed by atoms with van der Waals surface area (Å²) in [6.07, 6.45) is 2.31. The van der Waals surface area contributed by atoms with Crippen molar-refractivity contribution in [3.05, 3.63) is 27.4 Å². The fourth-order valence-electron chi connectivity index (χ4n) is 1.32. The van der Waals surface area contributed by atoms with E-state index < -0.39 is 10.0 Å². The van der Waals surface area contributed by atoms with Crippen LogP contribution in [0.5, 0.6) is 0 Å². The number of hydrogen-bond donors (Lipinski definition) is 1. The van der Waals surface area contributed by atoms with Crippen LogP contribution >= 0.6 is 27.3 Å². The number of halogens is 1. The summed E-state index contributed by atoms with van der Waals surface area (Å²) in [4.78, 5) is 1.13. The monoisotopic (exact) mass is 323 g/mol. The highest BCUT2D eigenvalue weighted by atomic mass is 79.9. The molecule has 1 rings (SSSR count). The molecular formula is C10H14BrNO2S2. The molecule has 0 spiro atoms. The topological polar surface area (TPSA) is 46.2 Å². The van der Waals surface area contributed by atoms with Gasteiger partial charge < -0.3 is 0 Å². The molecule has 0 aromatic carbocycles. The Bertz CT molecular complexity index is 479. The first-order valence-electron chi connectivity index (χ1n) is 4.76. The summed E-state index contributed by atoms with van der Waals surface area (Å²) < 4.78 is 27.4. The van der Waals surface area contributed by atoms with Gasteiger partial charge in [-0.05, 0) is 42.3 Å². The first-order valence-corrected chi connectivity index (χ1v) is 7.85. The predicted molar refractivity (Wildman–Crippen MR) is 71.4 cm³/mol. The number of rotatable bonds is 5. The molecule has 0 aliphatic carbocycles. The van der Waals surface area contributed by atoms with E-state index in [-0.39, 0.29) is 6.04 Å². The summed E-state index contributed by atoms with van der Waals surface area (Å²) in [6.45, 7) is 7.19. The molecule has 1 N–H and O–H groups in total. The number of thiophene rings is 1. The third kappa shape index (κ3) is 3.41. The van der Waals surface area contributed by atoms with Crippen molar-refractivity contribution in [3.8, 4) is 0 Å². The van der Waals surface area contributed by atoms with E-state index in [1.807, 2.05) is 6.92 Å². The highest BCUT2D eigenvalue weighted by molar-refractivity contribution is 9.11. The first-order chi connectivity index (χ1) is 7.36. The van der Waals surface area contributed by atoms with E-state index in [2.05, 4.69) is 27.2 Å². The highest BCUT2D eigenvalue weighted by Crippen LogP contribution is 2.29. The summed E-state index contributed by atoms with van der Waals surface area (Å²) >= 11 is 4.70. The lowest BCUT2D eigenvalue weighted by Crippen LogP contribution is -2.32. The van der Waals surface area contributed by atoms with Crippen molar-refractivity contribution in [1.82, 2.24) is 4.72 Å². The summed E-state index contributed by atoms with van der Waals surface area (Å²) in [5.41, 5.74) is 0. The second-order valence-electron chi connectivity index (χ2n) is 3.52. The lowest BCUT2D eigenvalue weighted by molar-refractivity contribution is 0.562. The van der Waals surface area contributed by atoms with Gasteiger partial charge in [-0.3, -0.25) is 0 Å². The molecule has 0 aliphatic heterocycles. The summed E-state index contributed by atoms with van der Waals surface area (Å²) in [5, 5.41) is 0. The van der Waals surface area contributed by atoms with Gasteiger partial charge in [-0.2, -0.15) is 0 Å². The smallest absolute Gasteiger partial charge is 0.208 e. The molecule has 0 bridgehead atoms. The zero-order chi connectivity index (χ0) is 12.3. The molecule has 0 amide bonds. The van der Waals surface area contributed by atoms with Gasteiger partial charge >= 0.3 is 0 Å². The third-order valence-electron chi connectivity index (χ3n) is 2.01. The average Bonchev–Trinajstić information content (AvgIpc) is 2.45. The van der Waals surface area contributed by atoms with E-state index >= 15 is 0 Å². The molecule has 1 aromatic heterocycles. The summed E-state index contributed by atoms with van der Waals surface area (Å²) in [6, 6.07) is 1.49. The Morgan fingerprint density at radius 1 is 1.69 bits per heavy atom. The van der Waals surface area contributed by atoms with Crippen LogP contribution < -0.4 is 4.72 Å². The standard InChI is InChI=1S/C10H14BrNO2S2/c1-4-5-7(2)12-16(13,14)9-6-10(11)15-8(9)3/h4,6-7,12H,1,5H2,2-3H3. The molecule has 0 saturated carbocycles. The molecule has 6 heteroatoms. The Hall–Kier alpha value is -0.170. The van der Waals surface area contributed by atoms with Crippen LogP contribution in [0.15, 0.2) is 27.4 Å². The Morgan fingerprint density at radius 3 is 2.75 bits per heavy atom. The van der Waals surface area contributed by atoms with Crippen LogP contribution in [0.2, 0.25) is 0 Å². The maximum Gasteiger partial charge on any atom is 0.241 e. The van der Waals surface area contributed by atoms with E-state index in [9.17, 15) is 8.42 Å². The van der Waals surface area contributed by atoms with Crippen LogP contribution in [-0.2, 0) is 10.0 Å². The highest BCUT2D eigenvalue weighted by Gasteiger charge is 2.20. The van der Waals surface area contributed by atoms with Gasteiger partial charge in [0.25, 0.3) is 0 Å². The predicted octanol–water partition coefficient (Wildman–Crippen LogP) is 3.06. The number of hydrogen-bond acceptors (Lipinski definition) is 3. The molecule has 0 aliphatic rings. The molecule has 0 saturated heterocycles. The number of nitrogens with one attached hydrogen (secondary N) is 1. The quantitative estimate of drug-likeness (QED) is 0.846. The maximum absolute atomic E-state index is 12.0. The van der Waals surface area contributed by atoms with Gasteiger partial charge in [0.05, 0.1) is 8.68 Å². The average molecular weight is 324 g/mol. The van der Waals surface area contributed by atoms with E-state index in [1.54, 1.807) is 19.1 Å². The lowest BCUT2D eigenvalue weighted by Gasteiger charge is -2.11. The van der Waals surface area contributed by atoms with Crippen molar-refractivity contribution in [1.29, 1.82) is 0 Å². The second-order valence-corrected chi connectivity index (χ2v) is 7.84. The minimum Gasteiger partial charge on any atom is -0.208 e. The fourth-order valence-corrected chi connectivity index (χ4v) is 4.99. The number of sulfonamides is 1. The van der Waals surface area contributed by atoms with E-state index in [0.29, 0.717) is 11.3 Å². The van der Waals surface area contributed by atoms with Gasteiger partial charge in [0.1, 0.15) is 0 Å². The van der Waals surface area contributed by atoms with Crippen LogP contribution in [0.25, 0.3) is 0 Å². The zero-order valence-electron chi connectivity index (χ0n) is 9.16. The Labute approximate surface area is 109 Å². The molecule has 90 valence electrons. The van der Waals surface area contributed by atoms with E-state index in [0.717, 1.165) is 8.66 Å². The van der Waals surface area contributed by atoms with Crippen molar-refractivity contribution in [2.45, 2.75) is 31.2 Å². The van der Waals surface area contributed by atoms with Crippen LogP contribution in [0.1, 0.15) is 18.2 Å². The second kappa shape index (κ2) is 5.44. The normalized spacial score (nSPS) is 13.7. The molecule has 0 fully saturated rings. The van der Waals surface area contributed by atoms with Crippen molar-refractivity contribution in [3.63, 3.8) is 0 Å². The minimum atomic E-state index is -3.41. The van der Waals surface area contributed by atoms with Crippen LogP contribution in [0, 0.1) is 6.92 Å². The van der Waals surface area contributed by atoms with Crippen molar-refractivity contribution in [2.75, 3.05) is 0 Å². The largest absolute Gasteiger partial charge is 0.241 e. The Morgan fingerprint density at radius 2 is 2.31 bits per heavy atom. The molecule has 1 heterocycles. The minimum absolute atomic E-state index is 0.138. The molecule has 3 nitrogen and oxygen atoms in total. The summed E-state index contributed by atoms with van der Waals surface area (Å²) in [5.74, 6) is 0. The molecule has 1 unspecified atom stereocenters. The van der Waals surface area contributed by atoms with Gasteiger partial charge in [0.2, 0.25) is 10.0 Å². The molecule has 0 radical (unpaired) electrons. The van der Waals surface area contributed by atoms with Crippen molar-refractivity contribution in [2.24, 2.45) is 0 Å². The Balaban J connectivity index is 2.94. The van der Waals surface area contributed by atoms with Crippen LogP contribution in [0.4, 0.5) is 0 Å². The molecular weight excluding hydrogens is 310 g/mol. The van der Waals surface area contributed by atoms with Crippen molar-refractivity contribution < 1.29 is 8.42 Å². The molecule has 1 aromatic rings. The summed E-state index contributed by atoms with van der Waals surface area (Å²) in [7, 11) is -3.41. The maximum atomic E-state index is 12.0. The van der Waals surface area contributed by atoms with Gasteiger partial charge in [0.15, 0.2) is 0 Å². The molecule has 16 heavy (non-hydrogen) atoms. The van der Waals surface area contributed by atoms with E-state index in [1.165, 1.54) is 11.3 Å². The first kappa shape index (κ1) is 13.9. The Kier molecular flexibility index (Phi) is 4.73.